The minimum Gasteiger partial charge on any atom is -0.534 e. The average Bonchev–Trinajstić information content (AvgIpc) is 2.66. The fraction of sp³-hybridized carbons (Fsp3) is 0.217. The molecule has 0 bridgehead atoms. The molecule has 134 valence electrons. The number of rotatable bonds is 5. The van der Waals surface area contributed by atoms with E-state index in [-0.39, 0.29) is 5.04 Å². The van der Waals surface area contributed by atoms with Crippen molar-refractivity contribution in [3.63, 3.8) is 0 Å². The van der Waals surface area contributed by atoms with E-state index in [2.05, 4.69) is 87.5 Å². The molecule has 2 nitrogen and oxygen atoms in total. The molecule has 0 aromatic heterocycles. The molecular weight excluding hydrogens is 334 g/mol. The summed E-state index contributed by atoms with van der Waals surface area (Å²) in [5.41, 5.74) is 6.93. The molecule has 0 aliphatic heterocycles. The van der Waals surface area contributed by atoms with Gasteiger partial charge in [0.2, 0.25) is 0 Å². The minimum absolute atomic E-state index is 0.0472. The molecule has 3 aromatic carbocycles. The first-order valence-corrected chi connectivity index (χ1v) is 11.0. The van der Waals surface area contributed by atoms with Gasteiger partial charge in [-0.1, -0.05) is 93.6 Å². The third-order valence-electron chi connectivity index (χ3n) is 4.82. The van der Waals surface area contributed by atoms with Crippen LogP contribution in [0.2, 0.25) is 5.04 Å². The highest BCUT2D eigenvalue weighted by molar-refractivity contribution is 7.00. The lowest BCUT2D eigenvalue weighted by Gasteiger charge is -2.43. The van der Waals surface area contributed by atoms with Gasteiger partial charge in [0.1, 0.15) is 5.75 Å². The zero-order chi connectivity index (χ0) is 18.6. The summed E-state index contributed by atoms with van der Waals surface area (Å²) in [6.07, 6.45) is 0. The summed E-state index contributed by atoms with van der Waals surface area (Å²) < 4.78 is 6.96. The fourth-order valence-corrected chi connectivity index (χ4v) is 7.97. The van der Waals surface area contributed by atoms with E-state index >= 15 is 0 Å². The highest BCUT2D eigenvalue weighted by Gasteiger charge is 2.52. The van der Waals surface area contributed by atoms with Crippen molar-refractivity contribution in [3.05, 3.63) is 90.5 Å². The highest BCUT2D eigenvalue weighted by atomic mass is 28.4. The van der Waals surface area contributed by atoms with Crippen LogP contribution in [0.25, 0.3) is 0 Å². The van der Waals surface area contributed by atoms with Crippen molar-refractivity contribution >= 4 is 18.7 Å². The minimum atomic E-state index is -2.57. The van der Waals surface area contributed by atoms with Gasteiger partial charge in [-0.2, -0.15) is 0 Å². The second kappa shape index (κ2) is 7.48. The van der Waals surface area contributed by atoms with E-state index in [1.807, 2.05) is 18.2 Å². The molecule has 0 aliphatic carbocycles. The molecule has 0 fully saturated rings. The molecule has 26 heavy (non-hydrogen) atoms. The van der Waals surface area contributed by atoms with Crippen LogP contribution in [0, 0.1) is 0 Å². The Morgan fingerprint density at radius 1 is 0.769 bits per heavy atom. The molecule has 3 heteroatoms. The molecule has 0 heterocycles. The Hall–Kier alpha value is -2.36. The van der Waals surface area contributed by atoms with Gasteiger partial charge < -0.3 is 10.2 Å². The second-order valence-electron chi connectivity index (χ2n) is 7.62. The third kappa shape index (κ3) is 3.46. The first-order valence-electron chi connectivity index (χ1n) is 9.06. The zero-order valence-corrected chi connectivity index (χ0v) is 16.8. The summed E-state index contributed by atoms with van der Waals surface area (Å²) >= 11 is 0. The Morgan fingerprint density at radius 2 is 1.31 bits per heavy atom. The maximum atomic E-state index is 6.96. The molecule has 0 radical (unpaired) electrons. The van der Waals surface area contributed by atoms with Crippen molar-refractivity contribution in [1.82, 2.24) is 0 Å². The SMILES string of the molecule is CC(C)(C)[Si](Oc1cccc(CN)c1)(c1ccccc1)c1ccccc1. The summed E-state index contributed by atoms with van der Waals surface area (Å²) in [4.78, 5) is 0. The number of benzene rings is 3. The van der Waals surface area contributed by atoms with Gasteiger partial charge in [-0.3, -0.25) is 0 Å². The maximum absolute atomic E-state index is 6.96. The molecule has 0 saturated carbocycles. The Labute approximate surface area is 157 Å². The van der Waals surface area contributed by atoms with Crippen molar-refractivity contribution in [1.29, 1.82) is 0 Å². The molecular formula is C23H27NOSi. The van der Waals surface area contributed by atoms with Gasteiger partial charge in [0.15, 0.2) is 0 Å². The Kier molecular flexibility index (Phi) is 5.30. The van der Waals surface area contributed by atoms with E-state index in [1.165, 1.54) is 10.4 Å². The Bertz CT molecular complexity index is 801. The summed E-state index contributed by atoms with van der Waals surface area (Å²) in [5, 5.41) is 2.50. The first-order chi connectivity index (χ1) is 12.5. The van der Waals surface area contributed by atoms with Crippen LogP contribution < -0.4 is 20.5 Å². The lowest BCUT2D eigenvalue weighted by atomic mass is 10.2. The number of hydrogen-bond acceptors (Lipinski definition) is 2. The topological polar surface area (TPSA) is 35.2 Å². The van der Waals surface area contributed by atoms with E-state index in [1.54, 1.807) is 0 Å². The van der Waals surface area contributed by atoms with E-state index in [9.17, 15) is 0 Å². The van der Waals surface area contributed by atoms with Crippen LogP contribution in [0.4, 0.5) is 0 Å². The van der Waals surface area contributed by atoms with Crippen LogP contribution in [0.1, 0.15) is 26.3 Å². The lowest BCUT2D eigenvalue weighted by Crippen LogP contribution is -2.68. The predicted molar refractivity (Wildman–Crippen MR) is 113 cm³/mol. The van der Waals surface area contributed by atoms with Crippen molar-refractivity contribution < 1.29 is 4.43 Å². The van der Waals surface area contributed by atoms with E-state index < -0.39 is 8.32 Å². The lowest BCUT2D eigenvalue weighted by molar-refractivity contribution is 0.507. The zero-order valence-electron chi connectivity index (χ0n) is 15.8. The van der Waals surface area contributed by atoms with Crippen LogP contribution in [0.15, 0.2) is 84.9 Å². The summed E-state index contributed by atoms with van der Waals surface area (Å²) in [7, 11) is -2.57. The van der Waals surface area contributed by atoms with Gasteiger partial charge >= 0.3 is 8.32 Å². The van der Waals surface area contributed by atoms with Crippen molar-refractivity contribution in [2.24, 2.45) is 5.73 Å². The maximum Gasteiger partial charge on any atom is 0.319 e. The molecule has 0 saturated heterocycles. The molecule has 0 unspecified atom stereocenters. The van der Waals surface area contributed by atoms with Gasteiger partial charge in [0.25, 0.3) is 0 Å². The number of hydrogen-bond donors (Lipinski definition) is 1. The van der Waals surface area contributed by atoms with Crippen LogP contribution in [-0.4, -0.2) is 8.32 Å². The quantitative estimate of drug-likeness (QED) is 0.695. The normalized spacial score (nSPS) is 12.0. The summed E-state index contributed by atoms with van der Waals surface area (Å²) in [5.74, 6) is 0.891. The first kappa shape index (κ1) is 18.4. The van der Waals surface area contributed by atoms with Crippen LogP contribution in [0.3, 0.4) is 0 Å². The van der Waals surface area contributed by atoms with Gasteiger partial charge in [0, 0.05) is 6.54 Å². The molecule has 0 amide bonds. The predicted octanol–water partition coefficient (Wildman–Crippen LogP) is 4.08. The monoisotopic (exact) mass is 361 g/mol. The highest BCUT2D eigenvalue weighted by Crippen LogP contribution is 2.37. The van der Waals surface area contributed by atoms with Gasteiger partial charge in [-0.25, -0.2) is 0 Å². The molecule has 0 atom stereocenters. The molecule has 0 spiro atoms. The molecule has 2 N–H and O–H groups in total. The Morgan fingerprint density at radius 3 is 1.77 bits per heavy atom. The van der Waals surface area contributed by atoms with Crippen LogP contribution in [0.5, 0.6) is 5.75 Å². The number of nitrogens with two attached hydrogens (primary N) is 1. The van der Waals surface area contributed by atoms with Crippen molar-refractivity contribution in [3.8, 4) is 5.75 Å². The molecule has 3 rings (SSSR count). The Balaban J connectivity index is 2.23. The van der Waals surface area contributed by atoms with E-state index in [0.717, 1.165) is 11.3 Å². The van der Waals surface area contributed by atoms with E-state index in [4.69, 9.17) is 10.2 Å². The van der Waals surface area contributed by atoms with Crippen LogP contribution in [-0.2, 0) is 6.54 Å². The molecule has 0 aliphatic rings. The second-order valence-corrected chi connectivity index (χ2v) is 11.8. The average molecular weight is 362 g/mol. The largest absolute Gasteiger partial charge is 0.534 e. The van der Waals surface area contributed by atoms with Gasteiger partial charge in [0.05, 0.1) is 0 Å². The van der Waals surface area contributed by atoms with Crippen LogP contribution >= 0.6 is 0 Å². The van der Waals surface area contributed by atoms with Gasteiger partial charge in [-0.15, -0.1) is 0 Å². The summed E-state index contributed by atoms with van der Waals surface area (Å²) in [6, 6.07) is 29.5. The molecule has 3 aromatic rings. The smallest absolute Gasteiger partial charge is 0.319 e. The third-order valence-corrected chi connectivity index (χ3v) is 9.77. The standard InChI is InChI=1S/C23H27NOSi/c1-23(2,3)26(21-13-6-4-7-14-21,22-15-8-5-9-16-22)25-20-12-10-11-19(17-20)18-24/h4-17H,18,24H2,1-3H3. The van der Waals surface area contributed by atoms with Crippen molar-refractivity contribution in [2.75, 3.05) is 0 Å². The van der Waals surface area contributed by atoms with Gasteiger partial charge in [-0.05, 0) is 33.1 Å². The van der Waals surface area contributed by atoms with Crippen molar-refractivity contribution in [2.45, 2.75) is 32.4 Å². The fourth-order valence-electron chi connectivity index (χ4n) is 3.56. The summed E-state index contributed by atoms with van der Waals surface area (Å²) in [6.45, 7) is 7.36. The van der Waals surface area contributed by atoms with E-state index in [0.29, 0.717) is 6.54 Å².